The molecule has 0 aromatic heterocycles. The third-order valence-electron chi connectivity index (χ3n) is 7.02. The van der Waals surface area contributed by atoms with Gasteiger partial charge >= 0.3 is 11.9 Å². The largest absolute Gasteiger partial charge is 0.462 e. The number of hydrogen-bond acceptors (Lipinski definition) is 4. The van der Waals surface area contributed by atoms with Gasteiger partial charge in [0.25, 0.3) is 0 Å². The molecule has 0 bridgehead atoms. The summed E-state index contributed by atoms with van der Waals surface area (Å²) in [5.74, 6) is -0.153. The SMILES string of the molecule is CCCCC(CC)COC(=O)c1ccccc1C(=O)OCC(CC)CCCC.Cc1ccc(C)c(C)c1. The summed E-state index contributed by atoms with van der Waals surface area (Å²) in [6.45, 7) is 15.7. The van der Waals surface area contributed by atoms with Crippen molar-refractivity contribution in [3.63, 3.8) is 0 Å². The average Bonchev–Trinajstić information content (AvgIpc) is 2.91. The van der Waals surface area contributed by atoms with E-state index >= 15 is 0 Å². The van der Waals surface area contributed by atoms with Gasteiger partial charge < -0.3 is 9.47 Å². The van der Waals surface area contributed by atoms with Gasteiger partial charge in [-0.2, -0.15) is 0 Å². The lowest BCUT2D eigenvalue weighted by Crippen LogP contribution is -2.19. The molecule has 0 amide bonds. The second-order valence-corrected chi connectivity index (χ2v) is 10.2. The van der Waals surface area contributed by atoms with Crippen LogP contribution in [0.1, 0.15) is 116 Å². The first-order chi connectivity index (χ1) is 17.8. The predicted octanol–water partition coefficient (Wildman–Crippen LogP) is 9.04. The number of benzene rings is 2. The zero-order valence-corrected chi connectivity index (χ0v) is 24.4. The highest BCUT2D eigenvalue weighted by Gasteiger charge is 2.21. The minimum atomic E-state index is -0.444. The van der Waals surface area contributed by atoms with Crippen LogP contribution in [0.4, 0.5) is 0 Å². The van der Waals surface area contributed by atoms with E-state index < -0.39 is 11.9 Å². The summed E-state index contributed by atoms with van der Waals surface area (Å²) in [6, 6.07) is 13.3. The smallest absolute Gasteiger partial charge is 0.339 e. The molecule has 0 aliphatic heterocycles. The van der Waals surface area contributed by atoms with Crippen molar-refractivity contribution in [1.82, 2.24) is 0 Å². The molecule has 206 valence electrons. The van der Waals surface area contributed by atoms with Gasteiger partial charge in [-0.3, -0.25) is 0 Å². The van der Waals surface area contributed by atoms with E-state index in [1.54, 1.807) is 24.3 Å². The molecule has 0 radical (unpaired) electrons. The fourth-order valence-corrected chi connectivity index (χ4v) is 4.07. The Morgan fingerprint density at radius 2 is 1.14 bits per heavy atom. The van der Waals surface area contributed by atoms with Crippen LogP contribution in [0.2, 0.25) is 0 Å². The highest BCUT2D eigenvalue weighted by molar-refractivity contribution is 6.03. The van der Waals surface area contributed by atoms with Crippen LogP contribution in [0.5, 0.6) is 0 Å². The number of hydrogen-bond donors (Lipinski definition) is 0. The Morgan fingerprint density at radius 1 is 0.676 bits per heavy atom. The lowest BCUT2D eigenvalue weighted by atomic mass is 10.0. The highest BCUT2D eigenvalue weighted by Crippen LogP contribution is 2.18. The fourth-order valence-electron chi connectivity index (χ4n) is 4.07. The molecule has 37 heavy (non-hydrogen) atoms. The van der Waals surface area contributed by atoms with Gasteiger partial charge in [-0.05, 0) is 68.7 Å². The van der Waals surface area contributed by atoms with E-state index in [0.717, 1.165) is 51.4 Å². The van der Waals surface area contributed by atoms with Crippen molar-refractivity contribution in [1.29, 1.82) is 0 Å². The van der Waals surface area contributed by atoms with Crippen molar-refractivity contribution >= 4 is 11.9 Å². The number of ether oxygens (including phenoxy) is 2. The number of carbonyl (C=O) groups excluding carboxylic acids is 2. The summed E-state index contributed by atoms with van der Waals surface area (Å²) in [6.07, 6.45) is 8.61. The molecule has 2 unspecified atom stereocenters. The van der Waals surface area contributed by atoms with Crippen molar-refractivity contribution in [2.75, 3.05) is 13.2 Å². The molecule has 0 aliphatic carbocycles. The first kappa shape index (κ1) is 32.4. The van der Waals surface area contributed by atoms with Crippen LogP contribution in [0.3, 0.4) is 0 Å². The number of unbranched alkanes of at least 4 members (excludes halogenated alkanes) is 2. The molecule has 4 heteroatoms. The number of esters is 2. The molecule has 0 spiro atoms. The first-order valence-electron chi connectivity index (χ1n) is 14.2. The van der Waals surface area contributed by atoms with Crippen LogP contribution in [0.15, 0.2) is 42.5 Å². The Bertz CT molecular complexity index is 883. The van der Waals surface area contributed by atoms with Gasteiger partial charge in [0.2, 0.25) is 0 Å². The summed E-state index contributed by atoms with van der Waals surface area (Å²) in [7, 11) is 0. The second kappa shape index (κ2) is 18.6. The molecular formula is C33H50O4. The molecule has 0 saturated heterocycles. The molecule has 2 aromatic carbocycles. The van der Waals surface area contributed by atoms with Crippen LogP contribution in [0, 0.1) is 32.6 Å². The monoisotopic (exact) mass is 510 g/mol. The van der Waals surface area contributed by atoms with Crippen LogP contribution in [0.25, 0.3) is 0 Å². The Morgan fingerprint density at radius 3 is 1.49 bits per heavy atom. The van der Waals surface area contributed by atoms with E-state index in [0.29, 0.717) is 36.2 Å². The topological polar surface area (TPSA) is 52.6 Å². The Kier molecular flexibility index (Phi) is 16.3. The van der Waals surface area contributed by atoms with Crippen molar-refractivity contribution in [2.24, 2.45) is 11.8 Å². The quantitative estimate of drug-likeness (QED) is 0.238. The van der Waals surface area contributed by atoms with Gasteiger partial charge in [0.1, 0.15) is 0 Å². The average molecular weight is 511 g/mol. The molecule has 0 saturated carbocycles. The van der Waals surface area contributed by atoms with Gasteiger partial charge in [-0.1, -0.05) is 102 Å². The molecular weight excluding hydrogens is 460 g/mol. The highest BCUT2D eigenvalue weighted by atomic mass is 16.5. The molecule has 0 fully saturated rings. The number of carbonyl (C=O) groups is 2. The molecule has 2 aromatic rings. The summed E-state index contributed by atoms with van der Waals surface area (Å²) in [5.41, 5.74) is 4.69. The standard InChI is InChI=1S/C24H38O4.C9H12/c1-5-9-13-19(7-3)17-27-23(25)21-15-11-12-16-22(21)24(26)28-18-20(8-4)14-10-6-2;1-7-4-5-8(2)9(3)6-7/h11-12,15-16,19-20H,5-10,13-14,17-18H2,1-4H3;4-6H,1-3H3. The number of aryl methyl sites for hydroxylation is 3. The van der Waals surface area contributed by atoms with E-state index in [1.807, 2.05) is 0 Å². The van der Waals surface area contributed by atoms with Crippen LogP contribution < -0.4 is 0 Å². The van der Waals surface area contributed by atoms with E-state index in [2.05, 4.69) is 66.7 Å². The molecule has 0 N–H and O–H groups in total. The summed E-state index contributed by atoms with van der Waals surface area (Å²) >= 11 is 0. The molecule has 2 rings (SSSR count). The Hall–Kier alpha value is -2.62. The molecule has 2 atom stereocenters. The molecule has 0 aliphatic rings. The third kappa shape index (κ3) is 12.5. The van der Waals surface area contributed by atoms with Crippen molar-refractivity contribution < 1.29 is 19.1 Å². The van der Waals surface area contributed by atoms with E-state index in [1.165, 1.54) is 16.7 Å². The van der Waals surface area contributed by atoms with Gasteiger partial charge in [0.05, 0.1) is 24.3 Å². The van der Waals surface area contributed by atoms with Crippen molar-refractivity contribution in [3.05, 3.63) is 70.3 Å². The Balaban J connectivity index is 0.000000635. The second-order valence-electron chi connectivity index (χ2n) is 10.2. The van der Waals surface area contributed by atoms with Crippen LogP contribution >= 0.6 is 0 Å². The maximum atomic E-state index is 12.6. The fraction of sp³-hybridized carbons (Fsp3) is 0.576. The number of rotatable bonds is 14. The van der Waals surface area contributed by atoms with E-state index in [-0.39, 0.29) is 0 Å². The minimum Gasteiger partial charge on any atom is -0.462 e. The Labute approximate surface area is 226 Å². The summed E-state index contributed by atoms with van der Waals surface area (Å²) in [5, 5.41) is 0. The van der Waals surface area contributed by atoms with E-state index in [4.69, 9.17) is 9.47 Å². The van der Waals surface area contributed by atoms with Crippen LogP contribution in [-0.4, -0.2) is 25.2 Å². The zero-order chi connectivity index (χ0) is 27.6. The first-order valence-corrected chi connectivity index (χ1v) is 14.2. The maximum absolute atomic E-state index is 12.6. The normalized spacial score (nSPS) is 12.2. The van der Waals surface area contributed by atoms with Gasteiger partial charge in [-0.15, -0.1) is 0 Å². The maximum Gasteiger partial charge on any atom is 0.339 e. The van der Waals surface area contributed by atoms with Gasteiger partial charge in [0.15, 0.2) is 0 Å². The summed E-state index contributed by atoms with van der Waals surface area (Å²) < 4.78 is 11.0. The molecule has 4 nitrogen and oxygen atoms in total. The lowest BCUT2D eigenvalue weighted by Gasteiger charge is -2.17. The lowest BCUT2D eigenvalue weighted by molar-refractivity contribution is 0.0381. The third-order valence-corrected chi connectivity index (χ3v) is 7.02. The van der Waals surface area contributed by atoms with Gasteiger partial charge in [0, 0.05) is 0 Å². The van der Waals surface area contributed by atoms with Crippen LogP contribution in [-0.2, 0) is 9.47 Å². The minimum absolute atomic E-state index is 0.291. The molecule has 0 heterocycles. The summed E-state index contributed by atoms with van der Waals surface area (Å²) in [4.78, 5) is 25.1. The van der Waals surface area contributed by atoms with Gasteiger partial charge in [-0.25, -0.2) is 9.59 Å². The predicted molar refractivity (Wildman–Crippen MR) is 154 cm³/mol. The zero-order valence-electron chi connectivity index (χ0n) is 24.4. The van der Waals surface area contributed by atoms with Crippen molar-refractivity contribution in [3.8, 4) is 0 Å². The van der Waals surface area contributed by atoms with E-state index in [9.17, 15) is 9.59 Å². The van der Waals surface area contributed by atoms with Crippen molar-refractivity contribution in [2.45, 2.75) is 99.8 Å².